The number of hydrogen-bond donors (Lipinski definition) is 0. The number of rotatable bonds is 3. The summed E-state index contributed by atoms with van der Waals surface area (Å²) in [6.45, 7) is 19.4. The van der Waals surface area contributed by atoms with Gasteiger partial charge in [0.2, 0.25) is 0 Å². The van der Waals surface area contributed by atoms with Crippen LogP contribution in [0.25, 0.3) is 0 Å². The summed E-state index contributed by atoms with van der Waals surface area (Å²) in [7, 11) is 0. The molecule has 0 saturated carbocycles. The lowest BCUT2D eigenvalue weighted by Gasteiger charge is -2.25. The molecular formula is C25H34N2. The van der Waals surface area contributed by atoms with E-state index >= 15 is 0 Å². The Morgan fingerprint density at radius 1 is 0.963 bits per heavy atom. The molecule has 2 heteroatoms. The van der Waals surface area contributed by atoms with Gasteiger partial charge in [-0.25, -0.2) is 9.98 Å². The molecule has 0 unspecified atom stereocenters. The van der Waals surface area contributed by atoms with Crippen LogP contribution < -0.4 is 0 Å². The van der Waals surface area contributed by atoms with Gasteiger partial charge < -0.3 is 0 Å². The van der Waals surface area contributed by atoms with E-state index in [0.29, 0.717) is 0 Å². The molecule has 1 aromatic carbocycles. The van der Waals surface area contributed by atoms with E-state index < -0.39 is 0 Å². The Labute approximate surface area is 165 Å². The van der Waals surface area contributed by atoms with Crippen molar-refractivity contribution in [2.24, 2.45) is 20.8 Å². The maximum absolute atomic E-state index is 4.95. The minimum atomic E-state index is -0.0876. The topological polar surface area (TPSA) is 24.7 Å². The molecule has 1 aliphatic rings. The Morgan fingerprint density at radius 3 is 2.15 bits per heavy atom. The number of nitrogens with zero attached hydrogens (tertiary/aromatic N) is 2. The summed E-state index contributed by atoms with van der Waals surface area (Å²) in [6, 6.07) is 10.2. The van der Waals surface area contributed by atoms with Crippen LogP contribution in [-0.2, 0) is 0 Å². The van der Waals surface area contributed by atoms with E-state index in [4.69, 9.17) is 9.98 Å². The fourth-order valence-electron chi connectivity index (χ4n) is 2.78. The Hall–Kier alpha value is -2.22. The van der Waals surface area contributed by atoms with Crippen LogP contribution >= 0.6 is 0 Å². The zero-order valence-electron chi connectivity index (χ0n) is 18.1. The van der Waals surface area contributed by atoms with Crippen LogP contribution in [-0.4, -0.2) is 11.5 Å². The highest BCUT2D eigenvalue weighted by atomic mass is 14.9. The van der Waals surface area contributed by atoms with Crippen molar-refractivity contribution < 1.29 is 0 Å². The molecule has 144 valence electrons. The second kappa shape index (κ2) is 8.21. The van der Waals surface area contributed by atoms with Crippen molar-refractivity contribution in [2.45, 2.75) is 61.3 Å². The Balaban J connectivity index is 2.45. The largest absolute Gasteiger partial charge is 0.233 e. The van der Waals surface area contributed by atoms with Gasteiger partial charge in [0.05, 0.1) is 0 Å². The lowest BCUT2D eigenvalue weighted by molar-refractivity contribution is 0.500. The van der Waals surface area contributed by atoms with Crippen molar-refractivity contribution in [1.29, 1.82) is 0 Å². The maximum Gasteiger partial charge on any atom is 0.159 e. The van der Waals surface area contributed by atoms with Gasteiger partial charge in [-0.3, -0.25) is 0 Å². The van der Waals surface area contributed by atoms with E-state index in [9.17, 15) is 0 Å². The molecule has 0 atom stereocenters. The number of benzene rings is 1. The van der Waals surface area contributed by atoms with Gasteiger partial charge in [0, 0.05) is 22.4 Å². The molecule has 0 fully saturated rings. The summed E-state index contributed by atoms with van der Waals surface area (Å²) in [4.78, 5) is 9.76. The van der Waals surface area contributed by atoms with E-state index in [1.165, 1.54) is 11.1 Å². The predicted octanol–water partition coefficient (Wildman–Crippen LogP) is 7.15. The second-order valence-electron chi connectivity index (χ2n) is 9.31. The zero-order valence-corrected chi connectivity index (χ0v) is 18.1. The molecule has 0 heterocycles. The van der Waals surface area contributed by atoms with Gasteiger partial charge in [0.1, 0.15) is 0 Å². The van der Waals surface area contributed by atoms with Crippen LogP contribution in [0.5, 0.6) is 0 Å². The first-order valence-corrected chi connectivity index (χ1v) is 9.79. The lowest BCUT2D eigenvalue weighted by atomic mass is 9.81. The Bertz CT molecular complexity index is 804. The van der Waals surface area contributed by atoms with E-state index in [-0.39, 0.29) is 10.8 Å². The average Bonchev–Trinajstić information content (AvgIpc) is 2.60. The molecular weight excluding hydrogens is 328 g/mol. The van der Waals surface area contributed by atoms with E-state index in [1.807, 2.05) is 18.2 Å². The van der Waals surface area contributed by atoms with Crippen molar-refractivity contribution >= 4 is 11.5 Å². The fourth-order valence-corrected chi connectivity index (χ4v) is 2.78. The maximum atomic E-state index is 4.95. The van der Waals surface area contributed by atoms with Gasteiger partial charge in [0.15, 0.2) is 5.84 Å². The fraction of sp³-hybridized carbons (Fsp3) is 0.440. The molecule has 0 amide bonds. The summed E-state index contributed by atoms with van der Waals surface area (Å²) >= 11 is 0. The first-order valence-electron chi connectivity index (χ1n) is 9.79. The highest BCUT2D eigenvalue weighted by Crippen LogP contribution is 2.32. The first kappa shape index (κ1) is 21.1. The molecule has 1 aliphatic carbocycles. The molecule has 0 saturated heterocycles. The predicted molar refractivity (Wildman–Crippen MR) is 120 cm³/mol. The highest BCUT2D eigenvalue weighted by molar-refractivity contribution is 6.11. The summed E-state index contributed by atoms with van der Waals surface area (Å²) in [6.07, 6.45) is 6.75. The minimum absolute atomic E-state index is 0.0876. The number of aliphatic imine (C=N–C) groups is 2. The molecule has 0 spiro atoms. The van der Waals surface area contributed by atoms with Crippen LogP contribution in [0.1, 0.15) is 66.9 Å². The lowest BCUT2D eigenvalue weighted by Crippen LogP contribution is -2.14. The third-order valence-electron chi connectivity index (χ3n) is 4.85. The first-order chi connectivity index (χ1) is 12.5. The number of allylic oxidation sites excluding steroid dienone is 5. The minimum Gasteiger partial charge on any atom is -0.233 e. The van der Waals surface area contributed by atoms with Gasteiger partial charge in [-0.2, -0.15) is 0 Å². The normalized spacial score (nSPS) is 16.7. The van der Waals surface area contributed by atoms with Gasteiger partial charge in [-0.1, -0.05) is 90.6 Å². The van der Waals surface area contributed by atoms with Crippen LogP contribution in [0.15, 0.2) is 75.9 Å². The Morgan fingerprint density at radius 2 is 1.59 bits per heavy atom. The van der Waals surface area contributed by atoms with Crippen LogP contribution in [0.2, 0.25) is 0 Å². The molecule has 27 heavy (non-hydrogen) atoms. The molecule has 2 rings (SSSR count). The summed E-state index contributed by atoms with van der Waals surface area (Å²) in [5.41, 5.74) is 5.65. The van der Waals surface area contributed by atoms with Crippen LogP contribution in [0.4, 0.5) is 0 Å². The summed E-state index contributed by atoms with van der Waals surface area (Å²) < 4.78 is 0. The van der Waals surface area contributed by atoms with Gasteiger partial charge in [-0.05, 0) is 36.3 Å². The van der Waals surface area contributed by atoms with E-state index in [2.05, 4.69) is 79.3 Å². The van der Waals surface area contributed by atoms with Crippen LogP contribution in [0, 0.1) is 10.8 Å². The monoisotopic (exact) mass is 362 g/mol. The molecule has 0 bridgehead atoms. The Kier molecular flexibility index (Phi) is 6.41. The molecule has 0 radical (unpaired) electrons. The third-order valence-corrected chi connectivity index (χ3v) is 4.85. The van der Waals surface area contributed by atoms with Crippen molar-refractivity contribution in [3.05, 3.63) is 71.5 Å². The standard InChI is InChI=1S/C25H34N2/c1-18(21-15-12-16-22(17-21)25(6,7)8)26-23(20-13-10-9-11-14-20)27-19(2)24(3,4)5/h9-11,13-14,16-17H,2,12,15H2,1,3-8H3/b26-18+,27-23-. The van der Waals surface area contributed by atoms with Crippen LogP contribution in [0.3, 0.4) is 0 Å². The molecule has 0 aliphatic heterocycles. The molecule has 1 aromatic rings. The van der Waals surface area contributed by atoms with E-state index in [0.717, 1.165) is 35.6 Å². The average molecular weight is 363 g/mol. The SMILES string of the molecule is C=C(/N=C(\N=C(/C)C1=CC(C(C)(C)C)=CCC1)c1ccccc1)C(C)(C)C. The van der Waals surface area contributed by atoms with Crippen molar-refractivity contribution in [3.8, 4) is 0 Å². The highest BCUT2D eigenvalue weighted by Gasteiger charge is 2.20. The van der Waals surface area contributed by atoms with Crippen molar-refractivity contribution in [2.75, 3.05) is 0 Å². The summed E-state index contributed by atoms with van der Waals surface area (Å²) in [5.74, 6) is 0.737. The number of hydrogen-bond acceptors (Lipinski definition) is 1. The summed E-state index contributed by atoms with van der Waals surface area (Å²) in [5, 5.41) is 0. The smallest absolute Gasteiger partial charge is 0.159 e. The number of amidine groups is 1. The molecule has 2 nitrogen and oxygen atoms in total. The van der Waals surface area contributed by atoms with Gasteiger partial charge in [0.25, 0.3) is 0 Å². The van der Waals surface area contributed by atoms with Gasteiger partial charge in [-0.15, -0.1) is 0 Å². The van der Waals surface area contributed by atoms with Crippen molar-refractivity contribution in [3.63, 3.8) is 0 Å². The second-order valence-corrected chi connectivity index (χ2v) is 9.31. The van der Waals surface area contributed by atoms with Crippen molar-refractivity contribution in [1.82, 2.24) is 0 Å². The molecule has 0 N–H and O–H groups in total. The quantitative estimate of drug-likeness (QED) is 0.403. The van der Waals surface area contributed by atoms with E-state index in [1.54, 1.807) is 0 Å². The molecule has 0 aromatic heterocycles. The zero-order chi connectivity index (χ0) is 20.2. The third kappa shape index (κ3) is 5.89. The van der Waals surface area contributed by atoms with Gasteiger partial charge >= 0.3 is 0 Å².